The number of halogens is 4. The van der Waals surface area contributed by atoms with Crippen LogP contribution >= 0.6 is 0 Å². The number of ether oxygens (including phenoxy) is 4. The SMILES string of the molecule is COC(=O)/C(=C/c1ccc(OC(F)F)c(OC(F)F)c1)NC(=O)OC(C)(C)C. The van der Waals surface area contributed by atoms with Gasteiger partial charge in [-0.1, -0.05) is 6.07 Å². The molecule has 0 heterocycles. The molecule has 1 amide bonds. The fourth-order valence-electron chi connectivity index (χ4n) is 1.83. The van der Waals surface area contributed by atoms with Crippen molar-refractivity contribution in [1.82, 2.24) is 5.32 Å². The molecule has 7 nitrogen and oxygen atoms in total. The smallest absolute Gasteiger partial charge is 0.412 e. The van der Waals surface area contributed by atoms with Crippen LogP contribution in [0.15, 0.2) is 23.9 Å². The van der Waals surface area contributed by atoms with Gasteiger partial charge in [0.25, 0.3) is 0 Å². The fraction of sp³-hybridized carbons (Fsp3) is 0.412. The van der Waals surface area contributed by atoms with E-state index < -0.39 is 42.4 Å². The second kappa shape index (κ2) is 9.81. The van der Waals surface area contributed by atoms with Gasteiger partial charge in [-0.2, -0.15) is 17.6 Å². The monoisotopic (exact) mass is 409 g/mol. The summed E-state index contributed by atoms with van der Waals surface area (Å²) in [6.07, 6.45) is 0.0890. The second-order valence-corrected chi connectivity index (χ2v) is 6.14. The van der Waals surface area contributed by atoms with Gasteiger partial charge in [0.05, 0.1) is 7.11 Å². The van der Waals surface area contributed by atoms with Gasteiger partial charge in [-0.3, -0.25) is 5.32 Å². The highest BCUT2D eigenvalue weighted by atomic mass is 19.3. The van der Waals surface area contributed by atoms with Crippen LogP contribution in [0.4, 0.5) is 22.4 Å². The molecule has 0 saturated carbocycles. The minimum absolute atomic E-state index is 0.0497. The third-order valence-electron chi connectivity index (χ3n) is 2.75. The maximum atomic E-state index is 12.5. The van der Waals surface area contributed by atoms with E-state index in [1.54, 1.807) is 20.8 Å². The number of amides is 1. The van der Waals surface area contributed by atoms with Crippen LogP contribution in [0.1, 0.15) is 26.3 Å². The summed E-state index contributed by atoms with van der Waals surface area (Å²) >= 11 is 0. The molecule has 1 aromatic carbocycles. The Hall–Kier alpha value is -2.98. The van der Waals surface area contributed by atoms with Crippen molar-refractivity contribution >= 4 is 18.1 Å². The molecule has 0 radical (unpaired) electrons. The zero-order chi connectivity index (χ0) is 21.5. The molecule has 156 valence electrons. The normalized spacial score (nSPS) is 12.0. The lowest BCUT2D eigenvalue weighted by atomic mass is 10.1. The van der Waals surface area contributed by atoms with Crippen LogP contribution in [0.2, 0.25) is 0 Å². The van der Waals surface area contributed by atoms with Gasteiger partial charge >= 0.3 is 25.3 Å². The van der Waals surface area contributed by atoms with Crippen molar-refractivity contribution in [2.24, 2.45) is 0 Å². The molecule has 1 rings (SSSR count). The first kappa shape index (κ1) is 23.1. The van der Waals surface area contributed by atoms with Gasteiger partial charge in [0.1, 0.15) is 11.3 Å². The Morgan fingerprint density at radius 2 is 1.61 bits per heavy atom. The number of hydrogen-bond donors (Lipinski definition) is 1. The first-order chi connectivity index (χ1) is 12.9. The molecule has 0 aromatic heterocycles. The number of alkyl carbamates (subject to hydrolysis) is 1. The Morgan fingerprint density at radius 1 is 1.04 bits per heavy atom. The standard InChI is InChI=1S/C17H19F4NO6/c1-17(2,3)28-16(24)22-10(13(23)25-4)7-9-5-6-11(26-14(18)19)12(8-9)27-15(20)21/h5-8,14-15H,1-4H3,(H,22,24)/b10-7-. The van der Waals surface area contributed by atoms with E-state index >= 15 is 0 Å². The summed E-state index contributed by atoms with van der Waals surface area (Å²) in [5.41, 5.74) is -1.19. The van der Waals surface area contributed by atoms with Crippen LogP contribution < -0.4 is 14.8 Å². The van der Waals surface area contributed by atoms with Crippen molar-refractivity contribution in [2.45, 2.75) is 39.6 Å². The predicted molar refractivity (Wildman–Crippen MR) is 89.1 cm³/mol. The molecule has 0 aliphatic rings. The zero-order valence-corrected chi connectivity index (χ0v) is 15.4. The van der Waals surface area contributed by atoms with E-state index in [0.29, 0.717) is 0 Å². The Labute approximate surface area is 158 Å². The van der Waals surface area contributed by atoms with Crippen LogP contribution in [-0.2, 0) is 14.3 Å². The van der Waals surface area contributed by atoms with E-state index in [-0.39, 0.29) is 11.3 Å². The molecule has 0 saturated heterocycles. The lowest BCUT2D eigenvalue weighted by molar-refractivity contribution is -0.136. The zero-order valence-electron chi connectivity index (χ0n) is 15.4. The molecule has 0 bridgehead atoms. The predicted octanol–water partition coefficient (Wildman–Crippen LogP) is 3.93. The quantitative estimate of drug-likeness (QED) is 0.418. The van der Waals surface area contributed by atoms with Crippen LogP contribution in [-0.4, -0.2) is 38.0 Å². The molecular formula is C17H19F4NO6. The fourth-order valence-corrected chi connectivity index (χ4v) is 1.83. The molecule has 0 aliphatic carbocycles. The number of methoxy groups -OCH3 is 1. The molecule has 0 fully saturated rings. The lowest BCUT2D eigenvalue weighted by Gasteiger charge is -2.20. The van der Waals surface area contributed by atoms with Crippen molar-refractivity contribution in [3.05, 3.63) is 29.5 Å². The molecule has 0 atom stereocenters. The third-order valence-corrected chi connectivity index (χ3v) is 2.75. The number of carbonyl (C=O) groups is 2. The minimum atomic E-state index is -3.31. The van der Waals surface area contributed by atoms with Gasteiger partial charge in [-0.25, -0.2) is 9.59 Å². The summed E-state index contributed by atoms with van der Waals surface area (Å²) in [6.45, 7) is -1.77. The van der Waals surface area contributed by atoms with E-state index in [9.17, 15) is 27.2 Å². The van der Waals surface area contributed by atoms with E-state index in [2.05, 4.69) is 19.5 Å². The number of hydrogen-bond acceptors (Lipinski definition) is 6. The highest BCUT2D eigenvalue weighted by Crippen LogP contribution is 2.31. The van der Waals surface area contributed by atoms with Crippen molar-refractivity contribution in [1.29, 1.82) is 0 Å². The van der Waals surface area contributed by atoms with Gasteiger partial charge in [0, 0.05) is 0 Å². The van der Waals surface area contributed by atoms with E-state index in [1.165, 1.54) is 6.07 Å². The molecule has 1 aromatic rings. The Morgan fingerprint density at radius 3 is 2.11 bits per heavy atom. The average Bonchev–Trinajstić information content (AvgIpc) is 2.53. The number of nitrogens with one attached hydrogen (secondary N) is 1. The number of rotatable bonds is 7. The molecule has 0 unspecified atom stereocenters. The van der Waals surface area contributed by atoms with Crippen molar-refractivity contribution in [3.63, 3.8) is 0 Å². The minimum Gasteiger partial charge on any atom is -0.464 e. The average molecular weight is 409 g/mol. The van der Waals surface area contributed by atoms with Crippen LogP contribution in [0.3, 0.4) is 0 Å². The summed E-state index contributed by atoms with van der Waals surface area (Å²) in [7, 11) is 1.05. The van der Waals surface area contributed by atoms with E-state index in [1.807, 2.05) is 0 Å². The first-order valence-electron chi connectivity index (χ1n) is 7.75. The maximum Gasteiger partial charge on any atom is 0.412 e. The van der Waals surface area contributed by atoms with Crippen molar-refractivity contribution < 1.29 is 46.1 Å². The van der Waals surface area contributed by atoms with E-state index in [4.69, 9.17) is 4.74 Å². The molecule has 28 heavy (non-hydrogen) atoms. The topological polar surface area (TPSA) is 83.1 Å². The van der Waals surface area contributed by atoms with E-state index in [0.717, 1.165) is 25.3 Å². The third kappa shape index (κ3) is 8.14. The van der Waals surface area contributed by atoms with Gasteiger partial charge in [-0.05, 0) is 44.5 Å². The Kier molecular flexibility index (Phi) is 8.08. The van der Waals surface area contributed by atoms with Crippen molar-refractivity contribution in [2.75, 3.05) is 7.11 Å². The van der Waals surface area contributed by atoms with Gasteiger partial charge in [0.2, 0.25) is 0 Å². The second-order valence-electron chi connectivity index (χ2n) is 6.14. The number of esters is 1. The van der Waals surface area contributed by atoms with Gasteiger partial charge in [-0.15, -0.1) is 0 Å². The number of carbonyl (C=O) groups excluding carboxylic acids is 2. The largest absolute Gasteiger partial charge is 0.464 e. The summed E-state index contributed by atoms with van der Waals surface area (Å²) < 4.78 is 67.6. The summed E-state index contributed by atoms with van der Waals surface area (Å²) in [5.74, 6) is -2.28. The Balaban J connectivity index is 3.21. The highest BCUT2D eigenvalue weighted by Gasteiger charge is 2.21. The Bertz CT molecular complexity index is 731. The van der Waals surface area contributed by atoms with Crippen LogP contribution in [0.5, 0.6) is 11.5 Å². The van der Waals surface area contributed by atoms with Crippen LogP contribution in [0, 0.1) is 0 Å². The van der Waals surface area contributed by atoms with Crippen molar-refractivity contribution in [3.8, 4) is 11.5 Å². The summed E-state index contributed by atoms with van der Waals surface area (Å²) in [6, 6.07) is 3.04. The summed E-state index contributed by atoms with van der Waals surface area (Å²) in [5, 5.41) is 2.17. The summed E-state index contributed by atoms with van der Waals surface area (Å²) in [4.78, 5) is 23.7. The first-order valence-corrected chi connectivity index (χ1v) is 7.75. The molecule has 0 aliphatic heterocycles. The number of benzene rings is 1. The molecular weight excluding hydrogens is 390 g/mol. The van der Waals surface area contributed by atoms with Crippen LogP contribution in [0.25, 0.3) is 6.08 Å². The lowest BCUT2D eigenvalue weighted by Crippen LogP contribution is -2.34. The highest BCUT2D eigenvalue weighted by molar-refractivity contribution is 5.96. The van der Waals surface area contributed by atoms with Gasteiger partial charge < -0.3 is 18.9 Å². The molecule has 1 N–H and O–H groups in total. The molecule has 11 heteroatoms. The maximum absolute atomic E-state index is 12.5. The molecule has 0 spiro atoms. The van der Waals surface area contributed by atoms with Gasteiger partial charge in [0.15, 0.2) is 11.5 Å². The number of alkyl halides is 4.